The van der Waals surface area contributed by atoms with Gasteiger partial charge < -0.3 is 21.7 Å². The molecule has 0 radical (unpaired) electrons. The maximum absolute atomic E-state index is 12.1. The molecule has 29 heavy (non-hydrogen) atoms. The van der Waals surface area contributed by atoms with Crippen molar-refractivity contribution in [2.75, 3.05) is 22.5 Å². The van der Waals surface area contributed by atoms with E-state index in [-0.39, 0.29) is 12.3 Å². The molecule has 148 valence electrons. The number of fused-ring (bicyclic) bond motifs is 6. The number of nitrogens with zero attached hydrogens (tertiary/aromatic N) is 2. The summed E-state index contributed by atoms with van der Waals surface area (Å²) in [5.74, 6) is 0.867. The van der Waals surface area contributed by atoms with E-state index in [1.54, 1.807) is 6.20 Å². The first-order valence-corrected chi connectivity index (χ1v) is 9.77. The number of nitrogens with one attached hydrogen (secondary N) is 3. The third-order valence-corrected chi connectivity index (χ3v) is 4.90. The molecule has 0 aliphatic carbocycles. The van der Waals surface area contributed by atoms with Crippen LogP contribution in [0.2, 0.25) is 5.02 Å². The highest BCUT2D eigenvalue weighted by atomic mass is 35.5. The minimum atomic E-state index is -0.0953. The van der Waals surface area contributed by atoms with Gasteiger partial charge in [-0.05, 0) is 54.3 Å². The molecular formula is C21H21ClN6O. The molecule has 0 saturated heterocycles. The van der Waals surface area contributed by atoms with E-state index in [0.717, 1.165) is 35.5 Å². The fourth-order valence-corrected chi connectivity index (χ4v) is 3.35. The second-order valence-electron chi connectivity index (χ2n) is 6.80. The van der Waals surface area contributed by atoms with Gasteiger partial charge in [0.05, 0.1) is 6.20 Å². The number of rotatable bonds is 3. The average Bonchev–Trinajstić information content (AvgIpc) is 2.71. The van der Waals surface area contributed by atoms with Gasteiger partial charge in [-0.3, -0.25) is 4.79 Å². The minimum absolute atomic E-state index is 0.0953. The van der Waals surface area contributed by atoms with Crippen LogP contribution in [0.25, 0.3) is 0 Å². The van der Waals surface area contributed by atoms with E-state index in [1.807, 2.05) is 30.3 Å². The van der Waals surface area contributed by atoms with Gasteiger partial charge in [0.2, 0.25) is 11.9 Å². The van der Waals surface area contributed by atoms with Crippen molar-refractivity contribution < 1.29 is 4.79 Å². The summed E-state index contributed by atoms with van der Waals surface area (Å²) in [5, 5.41) is 9.85. The van der Waals surface area contributed by atoms with Crippen LogP contribution in [0.15, 0.2) is 48.7 Å². The lowest BCUT2D eigenvalue weighted by molar-refractivity contribution is -0.116. The van der Waals surface area contributed by atoms with Crippen molar-refractivity contribution in [3.8, 4) is 0 Å². The molecule has 1 amide bonds. The van der Waals surface area contributed by atoms with Gasteiger partial charge in [0, 0.05) is 30.0 Å². The second kappa shape index (κ2) is 8.46. The Hall–Kier alpha value is -3.16. The summed E-state index contributed by atoms with van der Waals surface area (Å²) in [6.45, 7) is 0.315. The Morgan fingerprint density at radius 1 is 1.14 bits per heavy atom. The van der Waals surface area contributed by atoms with Gasteiger partial charge in [0.1, 0.15) is 5.02 Å². The van der Waals surface area contributed by atoms with E-state index in [9.17, 15) is 4.79 Å². The molecule has 0 unspecified atom stereocenters. The van der Waals surface area contributed by atoms with Gasteiger partial charge in [-0.2, -0.15) is 4.98 Å². The molecule has 8 heteroatoms. The van der Waals surface area contributed by atoms with Gasteiger partial charge >= 0.3 is 0 Å². The summed E-state index contributed by atoms with van der Waals surface area (Å²) >= 11 is 6.28. The highest BCUT2D eigenvalue weighted by Gasteiger charge is 2.12. The molecule has 2 aromatic carbocycles. The van der Waals surface area contributed by atoms with E-state index in [2.05, 4.69) is 38.1 Å². The number of hydrogen-bond donors (Lipinski definition) is 4. The zero-order valence-corrected chi connectivity index (χ0v) is 16.5. The molecule has 6 bridgehead atoms. The summed E-state index contributed by atoms with van der Waals surface area (Å²) in [4.78, 5) is 20.8. The zero-order valence-electron chi connectivity index (χ0n) is 15.7. The first-order chi connectivity index (χ1) is 14.1. The first-order valence-electron chi connectivity index (χ1n) is 9.39. The molecule has 0 fully saturated rings. The fourth-order valence-electron chi connectivity index (χ4n) is 3.21. The van der Waals surface area contributed by atoms with Gasteiger partial charge in [0.15, 0.2) is 5.82 Å². The number of aromatic nitrogens is 2. The van der Waals surface area contributed by atoms with Crippen LogP contribution in [0, 0.1) is 0 Å². The number of halogens is 1. The van der Waals surface area contributed by atoms with Crippen molar-refractivity contribution in [3.63, 3.8) is 0 Å². The fraction of sp³-hybridized carbons (Fsp3) is 0.190. The van der Waals surface area contributed by atoms with Crippen LogP contribution < -0.4 is 21.7 Å². The van der Waals surface area contributed by atoms with Crippen LogP contribution in [-0.4, -0.2) is 22.4 Å². The van der Waals surface area contributed by atoms with Crippen molar-refractivity contribution in [1.82, 2.24) is 9.97 Å². The molecule has 2 heterocycles. The SMILES string of the molecule is NCCC(=O)Nc1ccc2cc1CCc1cccc(c1)Nc1ncc(Cl)c(n1)N2. The lowest BCUT2D eigenvalue weighted by Crippen LogP contribution is -2.17. The molecule has 7 nitrogen and oxygen atoms in total. The summed E-state index contributed by atoms with van der Waals surface area (Å²) in [6.07, 6.45) is 3.42. The van der Waals surface area contributed by atoms with Crippen LogP contribution in [0.5, 0.6) is 0 Å². The standard InChI is InChI=1S/C21H21ClN6O/c22-17-12-24-21-26-15-3-1-2-13(10-15)4-5-14-11-16(25-20(17)28-21)6-7-18(14)27-19(29)8-9-23/h1-3,6-7,10-12H,4-5,8-9,23H2,(H,27,29)(H2,24,25,26,28). The molecule has 0 spiro atoms. The van der Waals surface area contributed by atoms with Crippen LogP contribution in [0.3, 0.4) is 0 Å². The summed E-state index contributed by atoms with van der Waals surface area (Å²) < 4.78 is 0. The monoisotopic (exact) mass is 408 g/mol. The Labute approximate surface area is 173 Å². The third-order valence-electron chi connectivity index (χ3n) is 4.62. The van der Waals surface area contributed by atoms with Crippen molar-refractivity contribution >= 4 is 46.3 Å². The quantitative estimate of drug-likeness (QED) is 0.522. The lowest BCUT2D eigenvalue weighted by Gasteiger charge is -2.14. The zero-order chi connectivity index (χ0) is 20.2. The van der Waals surface area contributed by atoms with E-state index < -0.39 is 0 Å². The van der Waals surface area contributed by atoms with Crippen LogP contribution in [-0.2, 0) is 17.6 Å². The van der Waals surface area contributed by atoms with Gasteiger partial charge in [-0.25, -0.2) is 4.98 Å². The number of benzene rings is 2. The summed E-state index contributed by atoms with van der Waals surface area (Å²) in [6, 6.07) is 13.9. The number of hydrogen-bond acceptors (Lipinski definition) is 6. The Kier molecular flexibility index (Phi) is 5.59. The molecule has 1 aliphatic heterocycles. The lowest BCUT2D eigenvalue weighted by atomic mass is 10.0. The maximum Gasteiger partial charge on any atom is 0.229 e. The molecule has 1 aromatic heterocycles. The minimum Gasteiger partial charge on any atom is -0.339 e. The predicted octanol–water partition coefficient (Wildman–Crippen LogP) is 4.00. The van der Waals surface area contributed by atoms with Crippen LogP contribution in [0.1, 0.15) is 17.5 Å². The first kappa shape index (κ1) is 19.2. The Balaban J connectivity index is 1.75. The summed E-state index contributed by atoms with van der Waals surface area (Å²) in [5.41, 5.74) is 10.2. The van der Waals surface area contributed by atoms with E-state index in [0.29, 0.717) is 23.3 Å². The Morgan fingerprint density at radius 3 is 2.86 bits per heavy atom. The van der Waals surface area contributed by atoms with Crippen LogP contribution >= 0.6 is 11.6 Å². The van der Waals surface area contributed by atoms with Gasteiger partial charge in [0.25, 0.3) is 0 Å². The third kappa shape index (κ3) is 4.64. The number of carbonyl (C=O) groups excluding carboxylic acids is 1. The van der Waals surface area contributed by atoms with E-state index in [1.165, 1.54) is 5.56 Å². The number of nitrogens with two attached hydrogens (primary N) is 1. The number of amides is 1. The summed E-state index contributed by atoms with van der Waals surface area (Å²) in [7, 11) is 0. The number of carbonyl (C=O) groups is 1. The maximum atomic E-state index is 12.1. The second-order valence-corrected chi connectivity index (χ2v) is 7.21. The molecule has 0 saturated carbocycles. The predicted molar refractivity (Wildman–Crippen MR) is 116 cm³/mol. The Morgan fingerprint density at radius 2 is 2.00 bits per heavy atom. The average molecular weight is 409 g/mol. The van der Waals surface area contributed by atoms with Crippen molar-refractivity contribution in [2.24, 2.45) is 5.73 Å². The van der Waals surface area contributed by atoms with Crippen molar-refractivity contribution in [3.05, 3.63) is 64.8 Å². The highest BCUT2D eigenvalue weighted by Crippen LogP contribution is 2.29. The van der Waals surface area contributed by atoms with Crippen molar-refractivity contribution in [1.29, 1.82) is 0 Å². The van der Waals surface area contributed by atoms with Gasteiger partial charge in [-0.15, -0.1) is 0 Å². The molecule has 4 rings (SSSR count). The Bertz CT molecular complexity index is 1060. The normalized spacial score (nSPS) is 12.5. The molecule has 0 atom stereocenters. The molecular weight excluding hydrogens is 388 g/mol. The smallest absolute Gasteiger partial charge is 0.229 e. The van der Waals surface area contributed by atoms with Crippen LogP contribution in [0.4, 0.5) is 28.8 Å². The highest BCUT2D eigenvalue weighted by molar-refractivity contribution is 6.32. The molecule has 5 N–H and O–H groups in total. The topological polar surface area (TPSA) is 105 Å². The molecule has 3 aromatic rings. The molecule has 1 aliphatic rings. The largest absolute Gasteiger partial charge is 0.339 e. The number of anilines is 5. The van der Waals surface area contributed by atoms with Crippen molar-refractivity contribution in [2.45, 2.75) is 19.3 Å². The number of aryl methyl sites for hydroxylation is 2. The van der Waals surface area contributed by atoms with E-state index in [4.69, 9.17) is 17.3 Å². The van der Waals surface area contributed by atoms with Gasteiger partial charge in [-0.1, -0.05) is 23.7 Å². The van der Waals surface area contributed by atoms with E-state index >= 15 is 0 Å².